The van der Waals surface area contributed by atoms with E-state index in [0.717, 1.165) is 24.1 Å². The van der Waals surface area contributed by atoms with Crippen molar-refractivity contribution in [2.75, 3.05) is 13.2 Å². The summed E-state index contributed by atoms with van der Waals surface area (Å²) in [6.07, 6.45) is 5.08. The number of benzene rings is 1. The Bertz CT molecular complexity index is 324. The summed E-state index contributed by atoms with van der Waals surface area (Å²) in [5.74, 6) is 0.909. The van der Waals surface area contributed by atoms with Crippen molar-refractivity contribution in [1.82, 2.24) is 0 Å². The van der Waals surface area contributed by atoms with Gasteiger partial charge in [0.25, 0.3) is 0 Å². The fourth-order valence-electron chi connectivity index (χ4n) is 1.80. The van der Waals surface area contributed by atoms with E-state index < -0.39 is 0 Å². The highest BCUT2D eigenvalue weighted by molar-refractivity contribution is 9.08. The smallest absolute Gasteiger partial charge is 0.119 e. The molecule has 1 atom stereocenters. The molecule has 3 heteroatoms. The van der Waals surface area contributed by atoms with Gasteiger partial charge in [-0.2, -0.15) is 0 Å². The Kier molecular flexibility index (Phi) is 8.93. The number of halogens is 1. The molecule has 2 nitrogen and oxygen atoms in total. The quantitative estimate of drug-likeness (QED) is 0.447. The van der Waals surface area contributed by atoms with Crippen molar-refractivity contribution >= 4 is 15.9 Å². The first kappa shape index (κ1) is 16.5. The number of hydrogen-bond donors (Lipinski definition) is 0. The molecule has 0 spiro atoms. The number of alkyl halides is 1. The van der Waals surface area contributed by atoms with Crippen LogP contribution in [0.4, 0.5) is 0 Å². The second kappa shape index (κ2) is 10.3. The molecule has 0 saturated carbocycles. The molecule has 1 unspecified atom stereocenters. The topological polar surface area (TPSA) is 18.5 Å². The van der Waals surface area contributed by atoms with E-state index in [1.54, 1.807) is 0 Å². The molecule has 0 N–H and O–H groups in total. The van der Waals surface area contributed by atoms with E-state index in [1.807, 2.05) is 19.1 Å². The van der Waals surface area contributed by atoms with Gasteiger partial charge in [-0.3, -0.25) is 0 Å². The first-order valence-corrected chi connectivity index (χ1v) is 8.27. The maximum Gasteiger partial charge on any atom is 0.119 e. The minimum absolute atomic E-state index is 0.0981. The first-order valence-electron chi connectivity index (χ1n) is 7.15. The van der Waals surface area contributed by atoms with Crippen molar-refractivity contribution in [3.63, 3.8) is 0 Å². The van der Waals surface area contributed by atoms with Gasteiger partial charge >= 0.3 is 0 Å². The lowest BCUT2D eigenvalue weighted by atomic mass is 10.2. The van der Waals surface area contributed by atoms with Crippen LogP contribution in [0, 0.1) is 0 Å². The largest absolute Gasteiger partial charge is 0.488 e. The molecule has 0 aliphatic heterocycles. The van der Waals surface area contributed by atoms with E-state index in [4.69, 9.17) is 9.47 Å². The molecule has 0 radical (unpaired) electrons. The van der Waals surface area contributed by atoms with Crippen molar-refractivity contribution < 1.29 is 9.47 Å². The maximum atomic E-state index is 5.80. The van der Waals surface area contributed by atoms with Gasteiger partial charge in [-0.05, 0) is 31.0 Å². The van der Waals surface area contributed by atoms with Crippen LogP contribution in [0.1, 0.15) is 45.1 Å². The number of unbranched alkanes of at least 4 members (excludes halogenated alkanes) is 3. The SMILES string of the molecule is CCCCCCOCC(C)Oc1ccc(CBr)cc1. The zero-order chi connectivity index (χ0) is 13.9. The average molecular weight is 329 g/mol. The second-order valence-corrected chi connectivity index (χ2v) is 5.40. The van der Waals surface area contributed by atoms with Crippen LogP contribution in [-0.2, 0) is 10.1 Å². The molecule has 0 amide bonds. The number of ether oxygens (including phenoxy) is 2. The Labute approximate surface area is 125 Å². The van der Waals surface area contributed by atoms with Gasteiger partial charge in [-0.25, -0.2) is 0 Å². The van der Waals surface area contributed by atoms with Crippen LogP contribution in [0.2, 0.25) is 0 Å². The summed E-state index contributed by atoms with van der Waals surface area (Å²) in [6, 6.07) is 8.16. The minimum atomic E-state index is 0.0981. The molecule has 1 aromatic rings. The van der Waals surface area contributed by atoms with E-state index in [-0.39, 0.29) is 6.10 Å². The molecule has 1 rings (SSSR count). The highest BCUT2D eigenvalue weighted by atomic mass is 79.9. The zero-order valence-corrected chi connectivity index (χ0v) is 13.6. The Morgan fingerprint density at radius 2 is 1.84 bits per heavy atom. The summed E-state index contributed by atoms with van der Waals surface area (Å²) in [7, 11) is 0. The predicted octanol–water partition coefficient (Wildman–Crippen LogP) is 4.95. The van der Waals surface area contributed by atoms with Gasteiger partial charge in [0.2, 0.25) is 0 Å². The van der Waals surface area contributed by atoms with Crippen molar-refractivity contribution in [2.24, 2.45) is 0 Å². The van der Waals surface area contributed by atoms with Crippen LogP contribution in [0.3, 0.4) is 0 Å². The Morgan fingerprint density at radius 1 is 1.11 bits per heavy atom. The highest BCUT2D eigenvalue weighted by Crippen LogP contribution is 2.15. The summed E-state index contributed by atoms with van der Waals surface area (Å²) in [5, 5.41) is 0.879. The van der Waals surface area contributed by atoms with Gasteiger partial charge in [0.1, 0.15) is 11.9 Å². The molecule has 0 aliphatic carbocycles. The number of rotatable bonds is 10. The van der Waals surface area contributed by atoms with Gasteiger partial charge in [-0.1, -0.05) is 54.2 Å². The van der Waals surface area contributed by atoms with Crippen LogP contribution in [-0.4, -0.2) is 19.3 Å². The minimum Gasteiger partial charge on any atom is -0.488 e. The molecule has 0 saturated heterocycles. The fourth-order valence-corrected chi connectivity index (χ4v) is 2.18. The van der Waals surface area contributed by atoms with Gasteiger partial charge in [-0.15, -0.1) is 0 Å². The van der Waals surface area contributed by atoms with Crippen LogP contribution in [0.25, 0.3) is 0 Å². The third kappa shape index (κ3) is 7.58. The third-order valence-corrected chi connectivity index (χ3v) is 3.56. The maximum absolute atomic E-state index is 5.80. The van der Waals surface area contributed by atoms with Crippen LogP contribution in [0.5, 0.6) is 5.75 Å². The van der Waals surface area contributed by atoms with Gasteiger partial charge in [0, 0.05) is 11.9 Å². The summed E-state index contributed by atoms with van der Waals surface area (Å²) in [5.41, 5.74) is 1.26. The van der Waals surface area contributed by atoms with Crippen molar-refractivity contribution in [3.05, 3.63) is 29.8 Å². The summed E-state index contributed by atoms with van der Waals surface area (Å²) < 4.78 is 11.4. The Balaban J connectivity index is 2.14. The Hall–Kier alpha value is -0.540. The average Bonchev–Trinajstić information content (AvgIpc) is 2.43. The molecule has 108 valence electrons. The van der Waals surface area contributed by atoms with Crippen LogP contribution < -0.4 is 4.74 Å². The lowest BCUT2D eigenvalue weighted by Crippen LogP contribution is -2.19. The fraction of sp³-hybridized carbons (Fsp3) is 0.625. The standard InChI is InChI=1S/C16H25BrO2/c1-3-4-5-6-11-18-13-14(2)19-16-9-7-15(12-17)8-10-16/h7-10,14H,3-6,11-13H2,1-2H3. The summed E-state index contributed by atoms with van der Waals surface area (Å²) in [4.78, 5) is 0. The molecule has 0 fully saturated rings. The molecule has 0 heterocycles. The van der Waals surface area contributed by atoms with E-state index in [9.17, 15) is 0 Å². The molecule has 0 bridgehead atoms. The first-order chi connectivity index (χ1) is 9.26. The summed E-state index contributed by atoms with van der Waals surface area (Å²) in [6.45, 7) is 5.77. The number of hydrogen-bond acceptors (Lipinski definition) is 2. The van der Waals surface area contributed by atoms with E-state index >= 15 is 0 Å². The molecular formula is C16H25BrO2. The molecule has 19 heavy (non-hydrogen) atoms. The molecular weight excluding hydrogens is 304 g/mol. The predicted molar refractivity (Wildman–Crippen MR) is 84.1 cm³/mol. The highest BCUT2D eigenvalue weighted by Gasteiger charge is 2.04. The molecule has 1 aromatic carbocycles. The van der Waals surface area contributed by atoms with Crippen LogP contribution >= 0.6 is 15.9 Å². The van der Waals surface area contributed by atoms with Crippen LogP contribution in [0.15, 0.2) is 24.3 Å². The monoisotopic (exact) mass is 328 g/mol. The normalized spacial score (nSPS) is 12.4. The Morgan fingerprint density at radius 3 is 2.47 bits per heavy atom. The van der Waals surface area contributed by atoms with Crippen molar-refractivity contribution in [1.29, 1.82) is 0 Å². The van der Waals surface area contributed by atoms with E-state index in [1.165, 1.54) is 24.8 Å². The zero-order valence-electron chi connectivity index (χ0n) is 12.0. The van der Waals surface area contributed by atoms with Gasteiger partial charge < -0.3 is 9.47 Å². The van der Waals surface area contributed by atoms with Crippen molar-refractivity contribution in [3.8, 4) is 5.75 Å². The van der Waals surface area contributed by atoms with Gasteiger partial charge in [0.15, 0.2) is 0 Å². The molecule has 0 aromatic heterocycles. The summed E-state index contributed by atoms with van der Waals surface area (Å²) >= 11 is 3.43. The second-order valence-electron chi connectivity index (χ2n) is 4.84. The lowest BCUT2D eigenvalue weighted by Gasteiger charge is -2.15. The molecule has 0 aliphatic rings. The van der Waals surface area contributed by atoms with Gasteiger partial charge in [0.05, 0.1) is 6.61 Å². The van der Waals surface area contributed by atoms with Crippen molar-refractivity contribution in [2.45, 2.75) is 51.0 Å². The van der Waals surface area contributed by atoms with E-state index in [2.05, 4.69) is 35.0 Å². The van der Waals surface area contributed by atoms with E-state index in [0.29, 0.717) is 6.61 Å². The lowest BCUT2D eigenvalue weighted by molar-refractivity contribution is 0.0566. The third-order valence-electron chi connectivity index (χ3n) is 2.91.